The normalized spacial score (nSPS) is 11.8. The monoisotopic (exact) mass is 317 g/mol. The molecule has 6 heteroatoms. The first kappa shape index (κ1) is 15.3. The molecule has 0 amide bonds. The van der Waals surface area contributed by atoms with Gasteiger partial charge in [0.25, 0.3) is 0 Å². The van der Waals surface area contributed by atoms with Crippen LogP contribution in [0.2, 0.25) is 0 Å². The molecule has 0 aliphatic rings. The number of nitrogens with zero attached hydrogens (tertiary/aromatic N) is 2. The van der Waals surface area contributed by atoms with E-state index in [1.807, 2.05) is 13.0 Å². The fourth-order valence-electron chi connectivity index (χ4n) is 2.49. The Kier molecular flexibility index (Phi) is 3.67. The Morgan fingerprint density at radius 2 is 1.91 bits per heavy atom. The topological polar surface area (TPSA) is 51.8 Å². The number of alkyl halides is 3. The maximum atomic E-state index is 12.9. The van der Waals surface area contributed by atoms with Gasteiger partial charge < -0.3 is 5.73 Å². The van der Waals surface area contributed by atoms with E-state index in [1.165, 1.54) is 6.07 Å². The number of aromatic nitrogens is 2. The largest absolute Gasteiger partial charge is 0.433 e. The summed E-state index contributed by atoms with van der Waals surface area (Å²) in [6.45, 7) is 1.94. The number of hydrogen-bond donors (Lipinski definition) is 1. The van der Waals surface area contributed by atoms with Gasteiger partial charge in [0.1, 0.15) is 11.5 Å². The third-order valence-electron chi connectivity index (χ3n) is 3.70. The summed E-state index contributed by atoms with van der Waals surface area (Å²) < 4.78 is 38.8. The van der Waals surface area contributed by atoms with Crippen LogP contribution in [0, 0.1) is 0 Å². The van der Waals surface area contributed by atoms with Crippen molar-refractivity contribution in [3.8, 4) is 11.1 Å². The summed E-state index contributed by atoms with van der Waals surface area (Å²) in [6.07, 6.45) is -2.22. The van der Waals surface area contributed by atoms with Crippen molar-refractivity contribution in [1.82, 2.24) is 9.97 Å². The lowest BCUT2D eigenvalue weighted by molar-refractivity contribution is -0.140. The molecular weight excluding hydrogens is 303 g/mol. The summed E-state index contributed by atoms with van der Waals surface area (Å²) in [7, 11) is 0. The molecule has 2 N–H and O–H groups in total. The van der Waals surface area contributed by atoms with Gasteiger partial charge in [-0.1, -0.05) is 31.2 Å². The van der Waals surface area contributed by atoms with Gasteiger partial charge in [-0.15, -0.1) is 0 Å². The lowest BCUT2D eigenvalue weighted by Crippen LogP contribution is -2.07. The van der Waals surface area contributed by atoms with Crippen molar-refractivity contribution in [1.29, 1.82) is 0 Å². The first-order valence-electron chi connectivity index (χ1n) is 7.12. The van der Waals surface area contributed by atoms with Crippen LogP contribution in [-0.4, -0.2) is 9.97 Å². The Labute approximate surface area is 131 Å². The number of benzene rings is 1. The van der Waals surface area contributed by atoms with Crippen LogP contribution in [0.5, 0.6) is 0 Å². The highest BCUT2D eigenvalue weighted by atomic mass is 19.4. The van der Waals surface area contributed by atoms with Crippen molar-refractivity contribution >= 4 is 16.7 Å². The molecule has 118 valence electrons. The van der Waals surface area contributed by atoms with Crippen LogP contribution in [0.15, 0.2) is 42.6 Å². The number of halogens is 3. The zero-order valence-electron chi connectivity index (χ0n) is 12.4. The molecule has 3 nitrogen and oxygen atoms in total. The zero-order chi connectivity index (χ0) is 16.6. The number of rotatable bonds is 2. The summed E-state index contributed by atoms with van der Waals surface area (Å²) >= 11 is 0. The molecule has 0 atom stereocenters. The number of nitrogen functional groups attached to an aromatic ring is 1. The minimum atomic E-state index is -4.48. The fourth-order valence-corrected chi connectivity index (χ4v) is 2.49. The van der Waals surface area contributed by atoms with Gasteiger partial charge in [0.2, 0.25) is 0 Å². The van der Waals surface area contributed by atoms with Crippen molar-refractivity contribution in [3.63, 3.8) is 0 Å². The van der Waals surface area contributed by atoms with E-state index >= 15 is 0 Å². The van der Waals surface area contributed by atoms with E-state index < -0.39 is 11.9 Å². The number of pyridine rings is 2. The Balaban J connectivity index is 2.25. The SMILES string of the molecule is CCc1cc(-c2cccc3ccc(C(F)(F)F)nc23)cnc1N. The number of hydrogen-bond acceptors (Lipinski definition) is 3. The molecule has 0 bridgehead atoms. The fraction of sp³-hybridized carbons (Fsp3) is 0.176. The molecule has 2 aromatic heterocycles. The molecule has 3 aromatic rings. The molecule has 1 aromatic carbocycles. The molecule has 0 unspecified atom stereocenters. The van der Waals surface area contributed by atoms with E-state index in [2.05, 4.69) is 9.97 Å². The van der Waals surface area contributed by atoms with Crippen LogP contribution >= 0.6 is 0 Å². The van der Waals surface area contributed by atoms with Gasteiger partial charge in [-0.25, -0.2) is 9.97 Å². The predicted octanol–water partition coefficient (Wildman–Crippen LogP) is 4.46. The maximum Gasteiger partial charge on any atom is 0.433 e. The highest BCUT2D eigenvalue weighted by Crippen LogP contribution is 2.33. The quantitative estimate of drug-likeness (QED) is 0.759. The van der Waals surface area contributed by atoms with Crippen LogP contribution in [0.25, 0.3) is 22.0 Å². The first-order chi connectivity index (χ1) is 10.9. The van der Waals surface area contributed by atoms with Gasteiger partial charge in [0, 0.05) is 22.7 Å². The molecule has 23 heavy (non-hydrogen) atoms. The third-order valence-corrected chi connectivity index (χ3v) is 3.70. The molecule has 2 heterocycles. The summed E-state index contributed by atoms with van der Waals surface area (Å²) in [6, 6.07) is 9.53. The molecule has 0 spiro atoms. The van der Waals surface area contributed by atoms with Gasteiger partial charge in [0.05, 0.1) is 5.52 Å². The Bertz CT molecular complexity index is 873. The van der Waals surface area contributed by atoms with E-state index in [-0.39, 0.29) is 0 Å². The average molecular weight is 317 g/mol. The smallest absolute Gasteiger partial charge is 0.383 e. The van der Waals surface area contributed by atoms with Crippen molar-refractivity contribution in [2.45, 2.75) is 19.5 Å². The third kappa shape index (κ3) is 2.84. The molecule has 0 radical (unpaired) electrons. The summed E-state index contributed by atoms with van der Waals surface area (Å²) in [5, 5.41) is 0.644. The second kappa shape index (κ2) is 5.53. The van der Waals surface area contributed by atoms with Gasteiger partial charge in [0.15, 0.2) is 0 Å². The van der Waals surface area contributed by atoms with E-state index in [0.29, 0.717) is 34.3 Å². The minimum absolute atomic E-state index is 0.302. The second-order valence-electron chi connectivity index (χ2n) is 5.19. The predicted molar refractivity (Wildman–Crippen MR) is 83.8 cm³/mol. The molecule has 0 saturated heterocycles. The highest BCUT2D eigenvalue weighted by Gasteiger charge is 2.32. The second-order valence-corrected chi connectivity index (χ2v) is 5.19. The zero-order valence-corrected chi connectivity index (χ0v) is 12.4. The molecule has 3 rings (SSSR count). The lowest BCUT2D eigenvalue weighted by Gasteiger charge is -2.11. The molecular formula is C17H14F3N3. The van der Waals surface area contributed by atoms with Crippen LogP contribution in [0.4, 0.5) is 19.0 Å². The molecule has 0 saturated carbocycles. The van der Waals surface area contributed by atoms with Crippen LogP contribution < -0.4 is 5.73 Å². The van der Waals surface area contributed by atoms with Crippen molar-refractivity contribution in [2.24, 2.45) is 0 Å². The van der Waals surface area contributed by atoms with Crippen molar-refractivity contribution < 1.29 is 13.2 Å². The highest BCUT2D eigenvalue weighted by molar-refractivity contribution is 5.93. The van der Waals surface area contributed by atoms with Crippen LogP contribution in [0.3, 0.4) is 0 Å². The van der Waals surface area contributed by atoms with E-state index in [4.69, 9.17) is 5.73 Å². The van der Waals surface area contributed by atoms with Gasteiger partial charge in [-0.2, -0.15) is 13.2 Å². The van der Waals surface area contributed by atoms with Crippen LogP contribution in [-0.2, 0) is 12.6 Å². The van der Waals surface area contributed by atoms with E-state index in [0.717, 1.165) is 11.6 Å². The summed E-state index contributed by atoms with van der Waals surface area (Å²) in [5.74, 6) is 0.431. The number of anilines is 1. The van der Waals surface area contributed by atoms with Crippen LogP contribution in [0.1, 0.15) is 18.2 Å². The number of fused-ring (bicyclic) bond motifs is 1. The Morgan fingerprint density at radius 1 is 1.13 bits per heavy atom. The minimum Gasteiger partial charge on any atom is -0.383 e. The number of para-hydroxylation sites is 1. The molecule has 0 aliphatic carbocycles. The molecule has 0 fully saturated rings. The van der Waals surface area contributed by atoms with Crippen molar-refractivity contribution in [2.75, 3.05) is 5.73 Å². The first-order valence-corrected chi connectivity index (χ1v) is 7.12. The van der Waals surface area contributed by atoms with Gasteiger partial charge in [-0.3, -0.25) is 0 Å². The average Bonchev–Trinajstić information content (AvgIpc) is 2.53. The Hall–Kier alpha value is -2.63. The molecule has 0 aliphatic heterocycles. The van der Waals surface area contributed by atoms with Gasteiger partial charge >= 0.3 is 6.18 Å². The Morgan fingerprint density at radius 3 is 2.61 bits per heavy atom. The van der Waals surface area contributed by atoms with Crippen molar-refractivity contribution in [3.05, 3.63) is 53.9 Å². The standard InChI is InChI=1S/C17H14F3N3/c1-2-10-8-12(9-22-16(10)21)13-5-3-4-11-6-7-14(17(18,19)20)23-15(11)13/h3-9H,2H2,1H3,(H2,21,22). The number of nitrogens with two attached hydrogens (primary N) is 1. The maximum absolute atomic E-state index is 12.9. The van der Waals surface area contributed by atoms with Gasteiger partial charge in [-0.05, 0) is 24.1 Å². The van der Waals surface area contributed by atoms with E-state index in [9.17, 15) is 13.2 Å². The van der Waals surface area contributed by atoms with E-state index in [1.54, 1.807) is 24.4 Å². The summed E-state index contributed by atoms with van der Waals surface area (Å²) in [4.78, 5) is 7.95. The lowest BCUT2D eigenvalue weighted by atomic mass is 10.0. The summed E-state index contributed by atoms with van der Waals surface area (Å²) in [5.41, 5.74) is 7.35. The number of aryl methyl sites for hydroxylation is 1.